The number of aryl methyl sites for hydroxylation is 4. The number of aromatic carboxylic acids is 2. The zero-order valence-corrected chi connectivity index (χ0v) is 23.9. The summed E-state index contributed by atoms with van der Waals surface area (Å²) in [6.45, 7) is 0. The largest absolute Gasteiger partial charge is 0.478 e. The van der Waals surface area contributed by atoms with E-state index < -0.39 is 11.9 Å². The summed E-state index contributed by atoms with van der Waals surface area (Å²) in [4.78, 5) is 30.6. The van der Waals surface area contributed by atoms with Gasteiger partial charge in [0.2, 0.25) is 0 Å². The number of aromatic nitrogens is 2. The first-order valence-corrected chi connectivity index (χ1v) is 15.0. The molecule has 0 unspecified atom stereocenters. The third kappa shape index (κ3) is 7.11. The van der Waals surface area contributed by atoms with E-state index in [4.69, 9.17) is 0 Å². The van der Waals surface area contributed by atoms with E-state index in [-0.39, 0.29) is 0 Å². The molecule has 0 spiro atoms. The number of hydrogen-bond acceptors (Lipinski definition) is 4. The van der Waals surface area contributed by atoms with E-state index in [1.807, 2.05) is 0 Å². The monoisotopic (exact) mass is 562 g/mol. The SMILES string of the molecule is O=C(O)c1ccncc1CC[C@@H]1CCCc2ccccc21.O=C(O)c1ccncc1CC[C@H]1CCCc2ccccc21. The highest BCUT2D eigenvalue weighted by molar-refractivity contribution is 5.89. The fourth-order valence-corrected chi connectivity index (χ4v) is 6.64. The van der Waals surface area contributed by atoms with E-state index in [1.54, 1.807) is 36.9 Å². The average molecular weight is 563 g/mol. The van der Waals surface area contributed by atoms with Crippen molar-refractivity contribution in [1.29, 1.82) is 0 Å². The summed E-state index contributed by atoms with van der Waals surface area (Å²) < 4.78 is 0. The molecule has 6 heteroatoms. The third-order valence-electron chi connectivity index (χ3n) is 8.78. The van der Waals surface area contributed by atoms with Crippen LogP contribution in [0.25, 0.3) is 0 Å². The van der Waals surface area contributed by atoms with Gasteiger partial charge in [0.1, 0.15) is 0 Å². The quantitative estimate of drug-likeness (QED) is 0.229. The Labute approximate surface area is 247 Å². The molecule has 0 amide bonds. The number of fused-ring (bicyclic) bond motifs is 2. The average Bonchev–Trinajstić information content (AvgIpc) is 3.03. The minimum absolute atomic E-state index is 0.383. The molecule has 2 aliphatic rings. The van der Waals surface area contributed by atoms with Crippen LogP contribution in [0.5, 0.6) is 0 Å². The Morgan fingerprint density at radius 1 is 0.643 bits per heavy atom. The molecular weight excluding hydrogens is 524 g/mol. The minimum Gasteiger partial charge on any atom is -0.478 e. The van der Waals surface area contributed by atoms with Crippen molar-refractivity contribution >= 4 is 11.9 Å². The Kier molecular flexibility index (Phi) is 9.75. The number of carboxylic acid groups (broad SMARTS) is 2. The van der Waals surface area contributed by atoms with E-state index in [2.05, 4.69) is 58.5 Å². The lowest BCUT2D eigenvalue weighted by Crippen LogP contribution is -2.11. The Morgan fingerprint density at radius 3 is 1.50 bits per heavy atom. The van der Waals surface area contributed by atoms with Gasteiger partial charge < -0.3 is 10.2 Å². The Morgan fingerprint density at radius 2 is 1.07 bits per heavy atom. The van der Waals surface area contributed by atoms with Gasteiger partial charge >= 0.3 is 11.9 Å². The fraction of sp³-hybridized carbons (Fsp3) is 0.333. The molecule has 0 saturated heterocycles. The smallest absolute Gasteiger partial charge is 0.336 e. The van der Waals surface area contributed by atoms with Crippen LogP contribution in [0.15, 0.2) is 85.5 Å². The highest BCUT2D eigenvalue weighted by Gasteiger charge is 2.22. The summed E-state index contributed by atoms with van der Waals surface area (Å²) in [5, 5.41) is 18.5. The van der Waals surface area contributed by atoms with Gasteiger partial charge in [-0.3, -0.25) is 9.97 Å². The van der Waals surface area contributed by atoms with Crippen LogP contribution in [0.1, 0.15) is 104 Å². The first-order chi connectivity index (χ1) is 20.5. The van der Waals surface area contributed by atoms with Crippen LogP contribution in [-0.2, 0) is 25.7 Å². The molecule has 42 heavy (non-hydrogen) atoms. The summed E-state index contributed by atoms with van der Waals surface area (Å²) >= 11 is 0. The fourth-order valence-electron chi connectivity index (χ4n) is 6.64. The van der Waals surface area contributed by atoms with Crippen LogP contribution in [0.3, 0.4) is 0 Å². The molecule has 0 bridgehead atoms. The summed E-state index contributed by atoms with van der Waals surface area (Å²) in [7, 11) is 0. The molecule has 4 aromatic rings. The van der Waals surface area contributed by atoms with Crippen LogP contribution >= 0.6 is 0 Å². The van der Waals surface area contributed by atoms with E-state index in [1.165, 1.54) is 60.8 Å². The molecule has 2 aromatic heterocycles. The van der Waals surface area contributed by atoms with Gasteiger partial charge in [-0.2, -0.15) is 0 Å². The van der Waals surface area contributed by atoms with Gasteiger partial charge in [-0.05, 0) is 122 Å². The molecule has 2 aromatic carbocycles. The lowest BCUT2D eigenvalue weighted by Gasteiger charge is -2.25. The molecule has 2 N–H and O–H groups in total. The van der Waals surface area contributed by atoms with Gasteiger partial charge in [0.15, 0.2) is 0 Å². The number of carbonyl (C=O) groups is 2. The predicted octanol–water partition coefficient (Wildman–Crippen LogP) is 7.67. The molecule has 2 atom stereocenters. The van der Waals surface area contributed by atoms with Crippen LogP contribution in [0.4, 0.5) is 0 Å². The molecule has 2 aliphatic carbocycles. The Hall–Kier alpha value is -4.32. The molecule has 0 fully saturated rings. The van der Waals surface area contributed by atoms with E-state index in [0.717, 1.165) is 36.8 Å². The maximum absolute atomic E-state index is 11.2. The van der Waals surface area contributed by atoms with E-state index >= 15 is 0 Å². The highest BCUT2D eigenvalue weighted by Crippen LogP contribution is 2.36. The maximum Gasteiger partial charge on any atom is 0.336 e. The standard InChI is InChI=1S/2C18H19NO2/c2*20-18(21)17-10-11-19-12-15(17)9-8-14-6-3-5-13-4-1-2-7-16(13)14/h2*1-2,4,7,10-12,14H,3,5-6,8-9H2,(H,20,21)/t2*14-/m10/s1. The molecule has 0 saturated carbocycles. The minimum atomic E-state index is -0.864. The Bertz CT molecular complexity index is 1420. The number of carboxylic acids is 2. The van der Waals surface area contributed by atoms with Gasteiger partial charge in [0.05, 0.1) is 11.1 Å². The van der Waals surface area contributed by atoms with Crippen LogP contribution in [-0.4, -0.2) is 32.1 Å². The first-order valence-electron chi connectivity index (χ1n) is 15.0. The zero-order valence-electron chi connectivity index (χ0n) is 23.9. The maximum atomic E-state index is 11.2. The number of hydrogen-bond donors (Lipinski definition) is 2. The van der Waals surface area contributed by atoms with Crippen molar-refractivity contribution in [1.82, 2.24) is 9.97 Å². The first kappa shape index (κ1) is 29.2. The summed E-state index contributed by atoms with van der Waals surface area (Å²) in [6.07, 6.45) is 17.2. The summed E-state index contributed by atoms with van der Waals surface area (Å²) in [5.74, 6) is -0.651. The van der Waals surface area contributed by atoms with Gasteiger partial charge in [0.25, 0.3) is 0 Å². The normalized spacial score (nSPS) is 17.2. The van der Waals surface area contributed by atoms with Crippen LogP contribution < -0.4 is 0 Å². The van der Waals surface area contributed by atoms with Gasteiger partial charge in [0, 0.05) is 24.8 Å². The number of nitrogens with zero attached hydrogens (tertiary/aromatic N) is 2. The number of rotatable bonds is 8. The lowest BCUT2D eigenvalue weighted by atomic mass is 9.80. The molecule has 0 aliphatic heterocycles. The van der Waals surface area contributed by atoms with Crippen LogP contribution in [0, 0.1) is 0 Å². The molecule has 216 valence electrons. The van der Waals surface area contributed by atoms with Gasteiger partial charge in [-0.25, -0.2) is 9.59 Å². The molecule has 2 heterocycles. The Balaban J connectivity index is 0.000000168. The van der Waals surface area contributed by atoms with Gasteiger partial charge in [-0.15, -0.1) is 0 Å². The molecule has 0 radical (unpaired) electrons. The molecule has 6 nitrogen and oxygen atoms in total. The lowest BCUT2D eigenvalue weighted by molar-refractivity contribution is 0.0684. The van der Waals surface area contributed by atoms with Crippen LogP contribution in [0.2, 0.25) is 0 Å². The third-order valence-corrected chi connectivity index (χ3v) is 8.78. The molecule has 6 rings (SSSR count). The van der Waals surface area contributed by atoms with Crippen molar-refractivity contribution in [3.8, 4) is 0 Å². The van der Waals surface area contributed by atoms with Crippen molar-refractivity contribution < 1.29 is 19.8 Å². The second-order valence-electron chi connectivity index (χ2n) is 11.3. The second-order valence-corrected chi connectivity index (χ2v) is 11.3. The van der Waals surface area contributed by atoms with Crippen molar-refractivity contribution in [3.05, 3.63) is 130 Å². The van der Waals surface area contributed by atoms with Crippen molar-refractivity contribution in [2.24, 2.45) is 0 Å². The van der Waals surface area contributed by atoms with Crippen molar-refractivity contribution in [2.75, 3.05) is 0 Å². The highest BCUT2D eigenvalue weighted by atomic mass is 16.4. The number of benzene rings is 2. The zero-order chi connectivity index (χ0) is 29.3. The summed E-state index contributed by atoms with van der Waals surface area (Å²) in [6, 6.07) is 20.5. The van der Waals surface area contributed by atoms with Crippen molar-refractivity contribution in [3.63, 3.8) is 0 Å². The molecular formula is C36H38N2O4. The van der Waals surface area contributed by atoms with E-state index in [0.29, 0.717) is 23.0 Å². The number of pyridine rings is 2. The van der Waals surface area contributed by atoms with Crippen molar-refractivity contribution in [2.45, 2.75) is 76.0 Å². The predicted molar refractivity (Wildman–Crippen MR) is 163 cm³/mol. The summed E-state index contributed by atoms with van der Waals surface area (Å²) in [5.41, 5.74) is 8.26. The van der Waals surface area contributed by atoms with E-state index in [9.17, 15) is 19.8 Å². The second kappa shape index (κ2) is 14.0. The topological polar surface area (TPSA) is 100 Å². The van der Waals surface area contributed by atoms with Gasteiger partial charge in [-0.1, -0.05) is 48.5 Å².